The molecule has 0 spiro atoms. The summed E-state index contributed by atoms with van der Waals surface area (Å²) < 4.78 is 5.49. The maximum Gasteiger partial charge on any atom is 0.415 e. The lowest BCUT2D eigenvalue weighted by Gasteiger charge is -2.31. The van der Waals surface area contributed by atoms with Crippen LogP contribution in [0.2, 0.25) is 0 Å². The molecule has 2 aromatic rings. The zero-order chi connectivity index (χ0) is 17.4. The van der Waals surface area contributed by atoms with Gasteiger partial charge in [0, 0.05) is 19.3 Å². The molecule has 4 rings (SSSR count). The zero-order valence-electron chi connectivity index (χ0n) is 13.9. The van der Waals surface area contributed by atoms with Gasteiger partial charge in [-0.1, -0.05) is 12.1 Å². The van der Waals surface area contributed by atoms with Crippen LogP contribution in [0.5, 0.6) is 0 Å². The number of aryl methyl sites for hydroxylation is 1. The normalized spacial score (nSPS) is 21.3. The lowest BCUT2D eigenvalue weighted by molar-refractivity contribution is -0.119. The van der Waals surface area contributed by atoms with E-state index >= 15 is 0 Å². The van der Waals surface area contributed by atoms with Crippen LogP contribution in [0.25, 0.3) is 11.1 Å². The van der Waals surface area contributed by atoms with Crippen molar-refractivity contribution in [1.29, 1.82) is 0 Å². The largest absolute Gasteiger partial charge is 0.442 e. The summed E-state index contributed by atoms with van der Waals surface area (Å²) in [6.07, 6.45) is 4.64. The van der Waals surface area contributed by atoms with E-state index in [9.17, 15) is 9.59 Å². The first kappa shape index (κ1) is 15.6. The van der Waals surface area contributed by atoms with Gasteiger partial charge in [0.05, 0.1) is 18.3 Å². The van der Waals surface area contributed by atoms with Crippen LogP contribution in [0.1, 0.15) is 18.9 Å². The number of carbonyl (C=O) groups is 2. The van der Waals surface area contributed by atoms with Gasteiger partial charge in [-0.2, -0.15) is 0 Å². The van der Waals surface area contributed by atoms with Gasteiger partial charge in [-0.15, -0.1) is 0 Å². The van der Waals surface area contributed by atoms with Gasteiger partial charge in [-0.05, 0) is 47.7 Å². The molecule has 1 saturated heterocycles. The Bertz CT molecular complexity index is 822. The first-order chi connectivity index (χ1) is 12.1. The molecule has 0 bridgehead atoms. The fraction of sp³-hybridized carbons (Fsp3) is 0.316. The summed E-state index contributed by atoms with van der Waals surface area (Å²) in [5.74, 6) is -0.119. The standard InChI is InChI=1S/C19H19N3O3/c1-12(23)21-11-18-17-7-5-14-9-13(15-3-2-8-20-10-15)4-6-16(14)22(17)19(24)25-18/h2-4,6,8-10,17-18H,5,7,11H2,1H3,(H,21,23)/t17-,18+/m1/s1. The molecule has 2 atom stereocenters. The molecule has 0 saturated carbocycles. The van der Waals surface area contributed by atoms with E-state index in [1.165, 1.54) is 6.92 Å². The molecule has 0 aliphatic carbocycles. The maximum absolute atomic E-state index is 12.4. The Morgan fingerprint density at radius 3 is 3.00 bits per heavy atom. The molecule has 0 radical (unpaired) electrons. The van der Waals surface area contributed by atoms with Crippen molar-refractivity contribution >= 4 is 17.7 Å². The Morgan fingerprint density at radius 2 is 2.24 bits per heavy atom. The SMILES string of the molecule is CC(=O)NC[C@@H]1OC(=O)N2c3ccc(-c4cccnc4)cc3CC[C@H]12. The van der Waals surface area contributed by atoms with E-state index in [0.717, 1.165) is 35.2 Å². The van der Waals surface area contributed by atoms with Gasteiger partial charge < -0.3 is 10.1 Å². The van der Waals surface area contributed by atoms with Gasteiger partial charge in [0.15, 0.2) is 0 Å². The van der Waals surface area contributed by atoms with Crippen molar-refractivity contribution < 1.29 is 14.3 Å². The van der Waals surface area contributed by atoms with E-state index in [2.05, 4.69) is 16.4 Å². The number of hydrogen-bond acceptors (Lipinski definition) is 4. The summed E-state index contributed by atoms with van der Waals surface area (Å²) in [6.45, 7) is 1.82. The van der Waals surface area contributed by atoms with Crippen molar-refractivity contribution in [1.82, 2.24) is 10.3 Å². The average Bonchev–Trinajstić information content (AvgIpc) is 2.96. The Balaban J connectivity index is 1.62. The molecule has 1 aromatic carbocycles. The first-order valence-electron chi connectivity index (χ1n) is 8.41. The third kappa shape index (κ3) is 2.84. The Labute approximate surface area is 145 Å². The second kappa shape index (κ2) is 6.20. The second-order valence-electron chi connectivity index (χ2n) is 6.42. The average molecular weight is 337 g/mol. The molecular weight excluding hydrogens is 318 g/mol. The summed E-state index contributed by atoms with van der Waals surface area (Å²) in [5.41, 5.74) is 4.18. The van der Waals surface area contributed by atoms with E-state index in [1.807, 2.05) is 30.5 Å². The number of aromatic nitrogens is 1. The van der Waals surface area contributed by atoms with Gasteiger partial charge in [-0.25, -0.2) is 4.79 Å². The molecule has 2 amide bonds. The third-order valence-corrected chi connectivity index (χ3v) is 4.81. The molecule has 0 unspecified atom stereocenters. The molecule has 1 aromatic heterocycles. The third-order valence-electron chi connectivity index (χ3n) is 4.81. The Hall–Kier alpha value is -2.89. The number of benzene rings is 1. The van der Waals surface area contributed by atoms with Crippen LogP contribution in [0.15, 0.2) is 42.7 Å². The summed E-state index contributed by atoms with van der Waals surface area (Å²) >= 11 is 0. The summed E-state index contributed by atoms with van der Waals surface area (Å²) in [4.78, 5) is 29.4. The van der Waals surface area contributed by atoms with E-state index in [0.29, 0.717) is 6.54 Å². The number of rotatable bonds is 3. The molecule has 2 aliphatic rings. The molecule has 25 heavy (non-hydrogen) atoms. The number of fused-ring (bicyclic) bond motifs is 3. The number of anilines is 1. The first-order valence-corrected chi connectivity index (χ1v) is 8.41. The van der Waals surface area contributed by atoms with E-state index in [-0.39, 0.29) is 24.1 Å². The van der Waals surface area contributed by atoms with Crippen molar-refractivity contribution in [2.75, 3.05) is 11.4 Å². The van der Waals surface area contributed by atoms with Crippen molar-refractivity contribution in [3.8, 4) is 11.1 Å². The maximum atomic E-state index is 12.4. The molecule has 1 fully saturated rings. The number of carbonyl (C=O) groups excluding carboxylic acids is 2. The predicted octanol–water partition coefficient (Wildman–Crippen LogP) is 2.52. The molecule has 3 heterocycles. The van der Waals surface area contributed by atoms with Crippen LogP contribution in [0, 0.1) is 0 Å². The van der Waals surface area contributed by atoms with Gasteiger partial charge in [0.2, 0.25) is 5.91 Å². The van der Waals surface area contributed by atoms with Crippen molar-refractivity contribution in [3.63, 3.8) is 0 Å². The minimum atomic E-state index is -0.338. The smallest absolute Gasteiger partial charge is 0.415 e. The van der Waals surface area contributed by atoms with E-state index in [4.69, 9.17) is 4.74 Å². The number of nitrogens with one attached hydrogen (secondary N) is 1. The number of pyridine rings is 1. The molecule has 128 valence electrons. The molecule has 2 aliphatic heterocycles. The van der Waals surface area contributed by atoms with Crippen molar-refractivity contribution in [2.24, 2.45) is 0 Å². The number of nitrogens with zero attached hydrogens (tertiary/aromatic N) is 2. The van der Waals surface area contributed by atoms with E-state index in [1.54, 1.807) is 11.1 Å². The molecular formula is C19H19N3O3. The number of ether oxygens (including phenoxy) is 1. The highest BCUT2D eigenvalue weighted by molar-refractivity contribution is 5.93. The van der Waals surface area contributed by atoms with Crippen LogP contribution in [0.4, 0.5) is 10.5 Å². The highest BCUT2D eigenvalue weighted by atomic mass is 16.6. The Morgan fingerprint density at radius 1 is 1.36 bits per heavy atom. The zero-order valence-corrected chi connectivity index (χ0v) is 13.9. The molecule has 6 nitrogen and oxygen atoms in total. The van der Waals surface area contributed by atoms with Crippen molar-refractivity contribution in [2.45, 2.75) is 31.9 Å². The predicted molar refractivity (Wildman–Crippen MR) is 93.2 cm³/mol. The quantitative estimate of drug-likeness (QED) is 0.934. The van der Waals surface area contributed by atoms with Gasteiger partial charge in [-0.3, -0.25) is 14.7 Å². The lowest BCUT2D eigenvalue weighted by atomic mass is 9.91. The van der Waals surface area contributed by atoms with Crippen LogP contribution >= 0.6 is 0 Å². The summed E-state index contributed by atoms with van der Waals surface area (Å²) in [6, 6.07) is 10.0. The van der Waals surface area contributed by atoms with Crippen LogP contribution in [0.3, 0.4) is 0 Å². The summed E-state index contributed by atoms with van der Waals surface area (Å²) in [7, 11) is 0. The van der Waals surface area contributed by atoms with Crippen LogP contribution in [-0.2, 0) is 16.0 Å². The topological polar surface area (TPSA) is 71.5 Å². The van der Waals surface area contributed by atoms with Crippen LogP contribution < -0.4 is 10.2 Å². The van der Waals surface area contributed by atoms with Gasteiger partial charge in [0.1, 0.15) is 6.10 Å². The highest BCUT2D eigenvalue weighted by Crippen LogP contribution is 2.38. The highest BCUT2D eigenvalue weighted by Gasteiger charge is 2.45. The number of amides is 2. The molecule has 1 N–H and O–H groups in total. The summed E-state index contributed by atoms with van der Waals surface area (Å²) in [5, 5.41) is 2.75. The number of hydrogen-bond donors (Lipinski definition) is 1. The van der Waals surface area contributed by atoms with Gasteiger partial charge in [0.25, 0.3) is 0 Å². The lowest BCUT2D eigenvalue weighted by Crippen LogP contribution is -2.44. The number of cyclic esters (lactones) is 1. The minimum absolute atomic E-state index is 0.0314. The monoisotopic (exact) mass is 337 g/mol. The fourth-order valence-corrected chi connectivity index (χ4v) is 3.62. The molecule has 6 heteroatoms. The van der Waals surface area contributed by atoms with Crippen molar-refractivity contribution in [3.05, 3.63) is 48.3 Å². The van der Waals surface area contributed by atoms with E-state index < -0.39 is 0 Å². The van der Waals surface area contributed by atoms with Crippen LogP contribution in [-0.4, -0.2) is 35.7 Å². The minimum Gasteiger partial charge on any atom is -0.442 e. The second-order valence-corrected chi connectivity index (χ2v) is 6.42. The Kier molecular flexibility index (Phi) is 3.87. The fourth-order valence-electron chi connectivity index (χ4n) is 3.62. The van der Waals surface area contributed by atoms with Gasteiger partial charge >= 0.3 is 6.09 Å².